The van der Waals surface area contributed by atoms with Gasteiger partial charge < -0.3 is 27.5 Å². The van der Waals surface area contributed by atoms with Crippen molar-refractivity contribution in [3.05, 3.63) is 0 Å². The number of ether oxygens (including phenoxy) is 3. The second kappa shape index (κ2) is 13.6. The van der Waals surface area contributed by atoms with Crippen molar-refractivity contribution in [3.63, 3.8) is 0 Å². The van der Waals surface area contributed by atoms with Gasteiger partial charge in [-0.2, -0.15) is 0 Å². The molecule has 21 heavy (non-hydrogen) atoms. The summed E-state index contributed by atoms with van der Waals surface area (Å²) in [6, 6.07) is 0.793. The molecule has 6 nitrogen and oxygen atoms in total. The minimum atomic E-state index is -2.71. The van der Waals surface area contributed by atoms with Gasteiger partial charge in [-0.25, -0.2) is 0 Å². The molecule has 0 aromatic heterocycles. The molecule has 0 atom stereocenters. The Balaban J connectivity index is 4.60. The molecule has 0 spiro atoms. The molecule has 0 saturated carbocycles. The third kappa shape index (κ3) is 11.2. The highest BCUT2D eigenvalue weighted by Gasteiger charge is 2.41. The minimum absolute atomic E-state index is 0.473. The molecule has 0 aliphatic rings. The summed E-state index contributed by atoms with van der Waals surface area (Å²) >= 11 is 0. The number of hydrogen-bond donors (Lipinski definition) is 0. The maximum absolute atomic E-state index is 5.97. The van der Waals surface area contributed by atoms with Gasteiger partial charge >= 0.3 is 8.80 Å². The average Bonchev–Trinajstić information content (AvgIpc) is 2.46. The largest absolute Gasteiger partial charge is 0.501 e. The van der Waals surface area contributed by atoms with Crippen LogP contribution in [0.25, 0.3) is 0 Å². The van der Waals surface area contributed by atoms with Crippen LogP contribution in [0.1, 0.15) is 20.3 Å². The van der Waals surface area contributed by atoms with Crippen LogP contribution < -0.4 is 0 Å². The van der Waals surface area contributed by atoms with E-state index in [1.165, 1.54) is 0 Å². The monoisotopic (exact) mass is 324 g/mol. The highest BCUT2D eigenvalue weighted by atomic mass is 28.4. The molecule has 0 bridgehead atoms. The molecular formula is C14H32O6Si. The van der Waals surface area contributed by atoms with Crippen molar-refractivity contribution in [2.24, 2.45) is 5.92 Å². The Labute approximate surface area is 130 Å². The predicted molar refractivity (Wildman–Crippen MR) is 83.5 cm³/mol. The van der Waals surface area contributed by atoms with E-state index in [1.807, 2.05) is 0 Å². The zero-order valence-corrected chi connectivity index (χ0v) is 15.2. The van der Waals surface area contributed by atoms with Gasteiger partial charge in [0.2, 0.25) is 0 Å². The lowest BCUT2D eigenvalue weighted by Gasteiger charge is -2.30. The smallest absolute Gasteiger partial charge is 0.382 e. The molecule has 0 aromatic rings. The zero-order valence-electron chi connectivity index (χ0n) is 14.2. The van der Waals surface area contributed by atoms with Gasteiger partial charge in [-0.3, -0.25) is 0 Å². The van der Waals surface area contributed by atoms with Gasteiger partial charge in [-0.15, -0.1) is 0 Å². The maximum atomic E-state index is 5.97. The Kier molecular flexibility index (Phi) is 13.6. The molecule has 0 fully saturated rings. The van der Waals surface area contributed by atoms with E-state index in [9.17, 15) is 0 Å². The summed E-state index contributed by atoms with van der Waals surface area (Å²) in [7, 11) is 2.24. The topological polar surface area (TPSA) is 55.4 Å². The highest BCUT2D eigenvalue weighted by Crippen LogP contribution is 2.21. The summed E-state index contributed by atoms with van der Waals surface area (Å²) in [6.07, 6.45) is 0.999. The lowest BCUT2D eigenvalue weighted by Crippen LogP contribution is -2.48. The molecule has 0 heterocycles. The van der Waals surface area contributed by atoms with Gasteiger partial charge in [0, 0.05) is 27.4 Å². The van der Waals surface area contributed by atoms with E-state index in [0.717, 1.165) is 12.5 Å². The molecule has 0 aliphatic carbocycles. The molecule has 0 amide bonds. The summed E-state index contributed by atoms with van der Waals surface area (Å²) in [5.41, 5.74) is 0. The first-order chi connectivity index (χ1) is 10.1. The van der Waals surface area contributed by atoms with E-state index in [2.05, 4.69) is 13.8 Å². The molecule has 7 heteroatoms. The molecule has 0 unspecified atom stereocenters. The first kappa shape index (κ1) is 21.0. The van der Waals surface area contributed by atoms with E-state index in [4.69, 9.17) is 27.5 Å². The van der Waals surface area contributed by atoms with Gasteiger partial charge in [0.1, 0.15) is 0 Å². The minimum Gasteiger partial charge on any atom is -0.382 e. The summed E-state index contributed by atoms with van der Waals surface area (Å²) in [6.45, 7) is 7.35. The number of methoxy groups -OCH3 is 3. The quantitative estimate of drug-likeness (QED) is 0.339. The van der Waals surface area contributed by atoms with Crippen molar-refractivity contribution in [1.82, 2.24) is 0 Å². The molecule has 0 aliphatic heterocycles. The van der Waals surface area contributed by atoms with E-state index in [-0.39, 0.29) is 0 Å². The molecule has 0 radical (unpaired) electrons. The molecule has 0 N–H and O–H groups in total. The summed E-state index contributed by atoms with van der Waals surface area (Å²) in [4.78, 5) is 0. The van der Waals surface area contributed by atoms with Crippen molar-refractivity contribution in [1.29, 1.82) is 0 Å². The Morgan fingerprint density at radius 2 is 1.05 bits per heavy atom. The fourth-order valence-corrected chi connectivity index (χ4v) is 4.45. The van der Waals surface area contributed by atoms with Crippen molar-refractivity contribution in [2.75, 3.05) is 61.0 Å². The number of rotatable bonds is 15. The van der Waals surface area contributed by atoms with Gasteiger partial charge in [0.15, 0.2) is 0 Å². The van der Waals surface area contributed by atoms with Crippen molar-refractivity contribution >= 4 is 8.80 Å². The highest BCUT2D eigenvalue weighted by molar-refractivity contribution is 6.60. The molecule has 0 saturated heterocycles. The summed E-state index contributed by atoms with van der Waals surface area (Å²) in [5, 5.41) is 0. The van der Waals surface area contributed by atoms with E-state index >= 15 is 0 Å². The van der Waals surface area contributed by atoms with Crippen LogP contribution in [0, 0.1) is 5.92 Å². The van der Waals surface area contributed by atoms with Gasteiger partial charge in [-0.1, -0.05) is 13.8 Å². The Morgan fingerprint density at radius 1 is 0.667 bits per heavy atom. The Hall–Kier alpha value is -0.0231. The van der Waals surface area contributed by atoms with Crippen molar-refractivity contribution < 1.29 is 27.5 Å². The second-order valence-electron chi connectivity index (χ2n) is 5.14. The van der Waals surface area contributed by atoms with Crippen LogP contribution in [0.2, 0.25) is 6.04 Å². The fourth-order valence-electron chi connectivity index (χ4n) is 1.65. The zero-order chi connectivity index (χ0) is 16.0. The third-order valence-electron chi connectivity index (χ3n) is 2.86. The Morgan fingerprint density at radius 3 is 1.33 bits per heavy atom. The van der Waals surface area contributed by atoms with Crippen LogP contribution in [-0.4, -0.2) is 69.8 Å². The van der Waals surface area contributed by atoms with E-state index < -0.39 is 8.80 Å². The molecule has 0 rings (SSSR count). The standard InChI is InChI=1S/C14H32O6Si/c1-14(2)6-13-21(18-10-7-15-3,19-11-8-16-4)20-12-9-17-5/h14H,6-13H2,1-5H3. The summed E-state index contributed by atoms with van der Waals surface area (Å²) in [5.74, 6) is 0.569. The van der Waals surface area contributed by atoms with Crippen LogP contribution >= 0.6 is 0 Å². The molecule has 128 valence electrons. The maximum Gasteiger partial charge on any atom is 0.501 e. The normalized spacial score (nSPS) is 12.3. The van der Waals surface area contributed by atoms with Gasteiger partial charge in [0.25, 0.3) is 0 Å². The Bertz CT molecular complexity index is 201. The number of hydrogen-bond acceptors (Lipinski definition) is 6. The van der Waals surface area contributed by atoms with Crippen LogP contribution in [0.15, 0.2) is 0 Å². The first-order valence-corrected chi connectivity index (χ1v) is 9.42. The van der Waals surface area contributed by atoms with Crippen molar-refractivity contribution in [2.45, 2.75) is 26.3 Å². The summed E-state index contributed by atoms with van der Waals surface area (Å²) < 4.78 is 33.1. The molecular weight excluding hydrogens is 292 g/mol. The van der Waals surface area contributed by atoms with Gasteiger partial charge in [-0.05, 0) is 12.3 Å². The van der Waals surface area contributed by atoms with E-state index in [0.29, 0.717) is 45.6 Å². The lowest BCUT2D eigenvalue weighted by atomic mass is 10.2. The van der Waals surface area contributed by atoms with E-state index in [1.54, 1.807) is 21.3 Å². The van der Waals surface area contributed by atoms with Crippen LogP contribution in [0.3, 0.4) is 0 Å². The lowest BCUT2D eigenvalue weighted by molar-refractivity contribution is 0.0138. The van der Waals surface area contributed by atoms with Gasteiger partial charge in [0.05, 0.1) is 39.6 Å². The second-order valence-corrected chi connectivity index (χ2v) is 7.87. The fraction of sp³-hybridized carbons (Fsp3) is 1.00. The average molecular weight is 324 g/mol. The van der Waals surface area contributed by atoms with Crippen LogP contribution in [0.5, 0.6) is 0 Å². The van der Waals surface area contributed by atoms with Crippen molar-refractivity contribution in [3.8, 4) is 0 Å². The predicted octanol–water partition coefficient (Wildman–Crippen LogP) is 1.96. The SMILES string of the molecule is COCCO[Si](CCC(C)C)(OCCOC)OCCOC. The van der Waals surface area contributed by atoms with Crippen LogP contribution in [-0.2, 0) is 27.5 Å². The van der Waals surface area contributed by atoms with Crippen LogP contribution in [0.4, 0.5) is 0 Å². The third-order valence-corrected chi connectivity index (χ3v) is 5.69. The first-order valence-electron chi connectivity index (χ1n) is 7.49. The molecule has 0 aromatic carbocycles.